The van der Waals surface area contributed by atoms with Gasteiger partial charge in [-0.2, -0.15) is 9.37 Å². The van der Waals surface area contributed by atoms with Gasteiger partial charge in [0.1, 0.15) is 23.0 Å². The van der Waals surface area contributed by atoms with Gasteiger partial charge in [-0.3, -0.25) is 4.90 Å². The van der Waals surface area contributed by atoms with Crippen LogP contribution in [-0.4, -0.2) is 71.6 Å². The predicted molar refractivity (Wildman–Crippen MR) is 138 cm³/mol. The van der Waals surface area contributed by atoms with Crippen LogP contribution in [0.15, 0.2) is 58.1 Å². The lowest BCUT2D eigenvalue weighted by atomic mass is 10.0. The van der Waals surface area contributed by atoms with Crippen LogP contribution in [0.3, 0.4) is 0 Å². The topological polar surface area (TPSA) is 117 Å². The van der Waals surface area contributed by atoms with Crippen molar-refractivity contribution in [3.8, 4) is 5.75 Å². The Balaban J connectivity index is 1.36. The second-order valence-electron chi connectivity index (χ2n) is 9.06. The number of aromatic nitrogens is 1. The molecule has 0 bridgehead atoms. The summed E-state index contributed by atoms with van der Waals surface area (Å²) in [5, 5.41) is 13.7. The summed E-state index contributed by atoms with van der Waals surface area (Å²) < 4.78 is 74.2. The number of hydrogen-bond donors (Lipinski definition) is 3. The van der Waals surface area contributed by atoms with Gasteiger partial charge in [0.2, 0.25) is 0 Å². The van der Waals surface area contributed by atoms with Crippen molar-refractivity contribution in [1.29, 1.82) is 0 Å². The molecular formula is C26H26F5N5O4. The van der Waals surface area contributed by atoms with Crippen molar-refractivity contribution >= 4 is 28.6 Å². The highest BCUT2D eigenvalue weighted by Gasteiger charge is 2.31. The van der Waals surface area contributed by atoms with Crippen LogP contribution in [0.1, 0.15) is 11.1 Å². The molecule has 1 aliphatic rings. The van der Waals surface area contributed by atoms with E-state index in [4.69, 9.17) is 10.2 Å². The number of nitrogens with zero attached hydrogens (tertiary/aromatic N) is 3. The zero-order valence-electron chi connectivity index (χ0n) is 21.0. The summed E-state index contributed by atoms with van der Waals surface area (Å²) in [6.07, 6.45) is -4.79. The first-order chi connectivity index (χ1) is 18.9. The van der Waals surface area contributed by atoms with Crippen molar-refractivity contribution in [2.45, 2.75) is 12.5 Å². The smallest absolute Gasteiger partial charge is 0.408 e. The first kappa shape index (κ1) is 28.8. The SMILES string of the molecule is C=C(c1cc(OC(F)(F)F)ccc1/C=C(\N)F)N1CCN(CC(O)CNc2nc(=O)oc3ccc(F)cc23)CC1. The fraction of sp³-hybridized carbons (Fsp3) is 0.308. The molecule has 0 spiro atoms. The van der Waals surface area contributed by atoms with E-state index >= 15 is 0 Å². The van der Waals surface area contributed by atoms with Crippen LogP contribution in [0.25, 0.3) is 22.7 Å². The third kappa shape index (κ3) is 7.48. The molecule has 4 N–H and O–H groups in total. The fourth-order valence-corrected chi connectivity index (χ4v) is 4.38. The van der Waals surface area contributed by atoms with Gasteiger partial charge in [0, 0.05) is 50.5 Å². The number of halogens is 5. The van der Waals surface area contributed by atoms with Crippen LogP contribution in [-0.2, 0) is 0 Å². The molecule has 0 saturated carbocycles. The predicted octanol–water partition coefficient (Wildman–Crippen LogP) is 3.51. The maximum Gasteiger partial charge on any atom is 0.573 e. The minimum Gasteiger partial charge on any atom is -0.408 e. The van der Waals surface area contributed by atoms with Crippen molar-refractivity contribution < 1.29 is 36.2 Å². The number of nitrogens with two attached hydrogens (primary N) is 1. The number of β-amino-alcohol motifs (C(OH)–C–C–N with tert-alkyl or cyclic N) is 1. The van der Waals surface area contributed by atoms with Gasteiger partial charge in [-0.15, -0.1) is 13.2 Å². The first-order valence-electron chi connectivity index (χ1n) is 12.1. The van der Waals surface area contributed by atoms with E-state index in [0.29, 0.717) is 31.9 Å². The molecule has 1 aromatic heterocycles. The van der Waals surface area contributed by atoms with Crippen LogP contribution in [0.5, 0.6) is 5.75 Å². The molecule has 2 heterocycles. The summed E-state index contributed by atoms with van der Waals surface area (Å²) in [5.74, 6) is -2.82. The van der Waals surface area contributed by atoms with E-state index < -0.39 is 35.7 Å². The fourth-order valence-electron chi connectivity index (χ4n) is 4.38. The van der Waals surface area contributed by atoms with Gasteiger partial charge >= 0.3 is 12.1 Å². The van der Waals surface area contributed by atoms with Gasteiger partial charge in [0.15, 0.2) is 5.95 Å². The quantitative estimate of drug-likeness (QED) is 0.264. The number of piperazine rings is 1. The Morgan fingerprint density at radius 1 is 1.23 bits per heavy atom. The molecule has 214 valence electrons. The van der Waals surface area contributed by atoms with E-state index in [1.54, 1.807) is 0 Å². The van der Waals surface area contributed by atoms with Crippen LogP contribution in [0.4, 0.5) is 27.8 Å². The molecule has 1 unspecified atom stereocenters. The summed E-state index contributed by atoms with van der Waals surface area (Å²) in [6.45, 7) is 6.06. The van der Waals surface area contributed by atoms with E-state index in [0.717, 1.165) is 24.3 Å². The second kappa shape index (κ2) is 11.9. The van der Waals surface area contributed by atoms with E-state index in [2.05, 4.69) is 21.6 Å². The van der Waals surface area contributed by atoms with Crippen LogP contribution in [0.2, 0.25) is 0 Å². The van der Waals surface area contributed by atoms with Crippen molar-refractivity contribution in [2.24, 2.45) is 5.73 Å². The van der Waals surface area contributed by atoms with E-state index in [1.165, 1.54) is 18.2 Å². The number of fused-ring (bicyclic) bond motifs is 1. The van der Waals surface area contributed by atoms with Crippen molar-refractivity contribution in [2.75, 3.05) is 44.6 Å². The third-order valence-electron chi connectivity index (χ3n) is 6.19. The van der Waals surface area contributed by atoms with Crippen molar-refractivity contribution in [3.05, 3.63) is 76.4 Å². The standard InChI is InChI=1S/C26H26F5N5O4/c1-15(20-12-19(40-26(29,30)31)4-2-16(20)10-23(28)32)36-8-6-35(7-9-36)14-18(37)13-33-24-21-11-17(27)3-5-22(21)39-25(38)34-24/h2-5,10-12,18,37H,1,6-9,13-14,32H2,(H,33,34,38)/b23-10-. The van der Waals surface area contributed by atoms with Gasteiger partial charge in [0.05, 0.1) is 11.5 Å². The molecule has 3 aromatic rings. The molecule has 14 heteroatoms. The summed E-state index contributed by atoms with van der Waals surface area (Å²) in [6, 6.07) is 7.08. The van der Waals surface area contributed by atoms with Gasteiger partial charge in [-0.1, -0.05) is 12.6 Å². The van der Waals surface area contributed by atoms with Crippen molar-refractivity contribution in [1.82, 2.24) is 14.8 Å². The lowest BCUT2D eigenvalue weighted by Crippen LogP contribution is -2.48. The average molecular weight is 568 g/mol. The lowest BCUT2D eigenvalue weighted by molar-refractivity contribution is -0.274. The summed E-state index contributed by atoms with van der Waals surface area (Å²) in [4.78, 5) is 19.2. The van der Waals surface area contributed by atoms with Gasteiger partial charge in [0.25, 0.3) is 0 Å². The molecule has 1 aliphatic heterocycles. The Morgan fingerprint density at radius 2 is 1.95 bits per heavy atom. The molecular weight excluding hydrogens is 541 g/mol. The number of ether oxygens (including phenoxy) is 1. The van der Waals surface area contributed by atoms with Gasteiger partial charge in [-0.05, 0) is 42.0 Å². The Bertz CT molecular complexity index is 1460. The number of hydrogen-bond acceptors (Lipinski definition) is 9. The molecule has 0 radical (unpaired) electrons. The minimum atomic E-state index is -4.90. The highest BCUT2D eigenvalue weighted by atomic mass is 19.4. The number of anilines is 1. The van der Waals surface area contributed by atoms with Crippen LogP contribution in [0, 0.1) is 5.82 Å². The molecule has 1 saturated heterocycles. The molecule has 9 nitrogen and oxygen atoms in total. The molecule has 4 rings (SSSR count). The highest BCUT2D eigenvalue weighted by Crippen LogP contribution is 2.31. The molecule has 1 fully saturated rings. The van der Waals surface area contributed by atoms with Crippen LogP contribution < -0.4 is 21.5 Å². The zero-order chi connectivity index (χ0) is 29.0. The van der Waals surface area contributed by atoms with E-state index in [9.17, 15) is 31.9 Å². The Hall–Kier alpha value is -4.17. The normalized spacial score (nSPS) is 15.8. The summed E-state index contributed by atoms with van der Waals surface area (Å²) in [7, 11) is 0. The van der Waals surface area contributed by atoms with Gasteiger partial charge in [-0.25, -0.2) is 9.18 Å². The summed E-state index contributed by atoms with van der Waals surface area (Å²) >= 11 is 0. The monoisotopic (exact) mass is 567 g/mol. The number of alkyl halides is 3. The number of nitrogens with one attached hydrogen (secondary N) is 1. The van der Waals surface area contributed by atoms with Crippen LogP contribution >= 0.6 is 0 Å². The molecule has 1 atom stereocenters. The first-order valence-corrected chi connectivity index (χ1v) is 12.1. The second-order valence-corrected chi connectivity index (χ2v) is 9.06. The van der Waals surface area contributed by atoms with E-state index in [-0.39, 0.29) is 41.0 Å². The Labute approximate surface area is 224 Å². The zero-order valence-corrected chi connectivity index (χ0v) is 21.0. The van der Waals surface area contributed by atoms with Crippen molar-refractivity contribution in [3.63, 3.8) is 0 Å². The van der Waals surface area contributed by atoms with E-state index in [1.807, 2.05) is 9.80 Å². The molecule has 0 aliphatic carbocycles. The summed E-state index contributed by atoms with van der Waals surface area (Å²) in [5.41, 5.74) is 6.11. The maximum atomic E-state index is 13.7. The molecule has 2 aromatic carbocycles. The molecule has 40 heavy (non-hydrogen) atoms. The Kier molecular flexibility index (Phi) is 8.59. The van der Waals surface area contributed by atoms with Gasteiger partial charge < -0.3 is 30.2 Å². The lowest BCUT2D eigenvalue weighted by Gasteiger charge is -2.38. The number of benzene rings is 2. The Morgan fingerprint density at radius 3 is 2.62 bits per heavy atom. The number of rotatable bonds is 9. The maximum absolute atomic E-state index is 13.7. The molecule has 0 amide bonds. The number of aliphatic hydroxyl groups is 1. The third-order valence-corrected chi connectivity index (χ3v) is 6.19. The average Bonchev–Trinajstić information content (AvgIpc) is 2.87. The highest BCUT2D eigenvalue weighted by molar-refractivity contribution is 5.87. The number of aliphatic hydroxyl groups excluding tert-OH is 1. The minimum absolute atomic E-state index is 0.0152. The largest absolute Gasteiger partial charge is 0.573 e.